The molecule has 1 N–H and O–H groups in total. The predicted molar refractivity (Wildman–Crippen MR) is 74.2 cm³/mol. The molecule has 1 atom stereocenters. The molecule has 4 heteroatoms. The Hall–Kier alpha value is -2.54. The van der Waals surface area contributed by atoms with E-state index >= 15 is 0 Å². The highest BCUT2D eigenvalue weighted by atomic mass is 19.1. The van der Waals surface area contributed by atoms with Gasteiger partial charge in [0.2, 0.25) is 0 Å². The molecule has 0 aliphatic carbocycles. The van der Waals surface area contributed by atoms with Crippen LogP contribution in [0, 0.1) is 17.1 Å². The largest absolute Gasteiger partial charge is 0.488 e. The third-order valence-electron chi connectivity index (χ3n) is 3.29. The molecule has 0 amide bonds. The van der Waals surface area contributed by atoms with Gasteiger partial charge in [0, 0.05) is 17.7 Å². The number of halogens is 1. The number of anilines is 1. The van der Waals surface area contributed by atoms with E-state index < -0.39 is 0 Å². The summed E-state index contributed by atoms with van der Waals surface area (Å²) in [5, 5.41) is 12.1. The van der Waals surface area contributed by atoms with Crippen LogP contribution in [0.3, 0.4) is 0 Å². The lowest BCUT2D eigenvalue weighted by atomic mass is 10.1. The van der Waals surface area contributed by atoms with E-state index in [1.54, 1.807) is 18.2 Å². The Morgan fingerprint density at radius 2 is 2.20 bits per heavy atom. The van der Waals surface area contributed by atoms with Crippen LogP contribution in [-0.2, 0) is 6.42 Å². The molecular formula is C16H13FN2O. The first-order valence-electron chi connectivity index (χ1n) is 6.44. The molecule has 0 saturated heterocycles. The summed E-state index contributed by atoms with van der Waals surface area (Å²) in [4.78, 5) is 0. The number of ether oxygens (including phenoxy) is 1. The fourth-order valence-electron chi connectivity index (χ4n) is 2.33. The minimum Gasteiger partial charge on any atom is -0.488 e. The number of hydrogen-bond acceptors (Lipinski definition) is 3. The quantitative estimate of drug-likeness (QED) is 0.930. The van der Waals surface area contributed by atoms with E-state index in [1.807, 2.05) is 12.1 Å². The maximum absolute atomic E-state index is 13.1. The topological polar surface area (TPSA) is 45.0 Å². The second-order valence-corrected chi connectivity index (χ2v) is 4.77. The Morgan fingerprint density at radius 1 is 1.30 bits per heavy atom. The predicted octanol–water partition coefficient (Wildman–Crippen LogP) is 3.11. The molecule has 1 unspecified atom stereocenters. The molecule has 0 spiro atoms. The van der Waals surface area contributed by atoms with Gasteiger partial charge in [-0.15, -0.1) is 0 Å². The third-order valence-corrected chi connectivity index (χ3v) is 3.29. The van der Waals surface area contributed by atoms with Gasteiger partial charge in [-0.05, 0) is 36.4 Å². The highest BCUT2D eigenvalue weighted by Gasteiger charge is 2.22. The highest BCUT2D eigenvalue weighted by Crippen LogP contribution is 2.29. The Kier molecular flexibility index (Phi) is 3.26. The van der Waals surface area contributed by atoms with Crippen LogP contribution in [0.15, 0.2) is 42.5 Å². The third kappa shape index (κ3) is 2.57. The number of hydrogen-bond donors (Lipinski definition) is 1. The first-order chi connectivity index (χ1) is 9.74. The Balaban J connectivity index is 1.62. The van der Waals surface area contributed by atoms with Gasteiger partial charge in [0.1, 0.15) is 17.7 Å². The second kappa shape index (κ2) is 5.22. The molecule has 1 aliphatic rings. The average molecular weight is 268 g/mol. The van der Waals surface area contributed by atoms with Crippen LogP contribution in [0.4, 0.5) is 10.1 Å². The van der Waals surface area contributed by atoms with E-state index in [4.69, 9.17) is 10.00 Å². The van der Waals surface area contributed by atoms with E-state index in [9.17, 15) is 4.39 Å². The van der Waals surface area contributed by atoms with Gasteiger partial charge in [-0.3, -0.25) is 0 Å². The van der Waals surface area contributed by atoms with Gasteiger partial charge < -0.3 is 10.1 Å². The summed E-state index contributed by atoms with van der Waals surface area (Å²) >= 11 is 0. The average Bonchev–Trinajstić information content (AvgIpc) is 2.87. The number of nitrogens with one attached hydrogen (secondary N) is 1. The minimum absolute atomic E-state index is 0.0162. The van der Waals surface area contributed by atoms with Crippen molar-refractivity contribution in [3.8, 4) is 11.8 Å². The molecule has 0 bridgehead atoms. The van der Waals surface area contributed by atoms with Gasteiger partial charge in [0.05, 0.1) is 18.2 Å². The van der Waals surface area contributed by atoms with Crippen LogP contribution in [0.25, 0.3) is 0 Å². The highest BCUT2D eigenvalue weighted by molar-refractivity contribution is 5.49. The molecule has 2 aromatic carbocycles. The lowest BCUT2D eigenvalue weighted by Gasteiger charge is -2.13. The summed E-state index contributed by atoms with van der Waals surface area (Å²) in [6, 6.07) is 14.0. The Bertz CT molecular complexity index is 678. The SMILES string of the molecule is N#Cc1cccc(NCC2Cc3cc(F)ccc3O2)c1. The van der Waals surface area contributed by atoms with Crippen LogP contribution < -0.4 is 10.1 Å². The fourth-order valence-corrected chi connectivity index (χ4v) is 2.33. The molecular weight excluding hydrogens is 255 g/mol. The lowest BCUT2D eigenvalue weighted by molar-refractivity contribution is 0.246. The summed E-state index contributed by atoms with van der Waals surface area (Å²) in [7, 11) is 0. The molecule has 0 aromatic heterocycles. The Labute approximate surface area is 116 Å². The molecule has 0 saturated carbocycles. The first-order valence-corrected chi connectivity index (χ1v) is 6.44. The Morgan fingerprint density at radius 3 is 3.05 bits per heavy atom. The minimum atomic E-state index is -0.234. The van der Waals surface area contributed by atoms with Crippen molar-refractivity contribution in [2.24, 2.45) is 0 Å². The van der Waals surface area contributed by atoms with Crippen molar-refractivity contribution in [2.45, 2.75) is 12.5 Å². The maximum Gasteiger partial charge on any atom is 0.123 e. The zero-order chi connectivity index (χ0) is 13.9. The van der Waals surface area contributed by atoms with E-state index in [2.05, 4.69) is 11.4 Å². The van der Waals surface area contributed by atoms with E-state index in [0.717, 1.165) is 17.0 Å². The van der Waals surface area contributed by atoms with Crippen LogP contribution in [0.2, 0.25) is 0 Å². The number of fused-ring (bicyclic) bond motifs is 1. The zero-order valence-electron chi connectivity index (χ0n) is 10.8. The number of rotatable bonds is 3. The monoisotopic (exact) mass is 268 g/mol. The standard InChI is InChI=1S/C16H13FN2O/c17-13-4-5-16-12(7-13)8-15(20-16)10-19-14-3-1-2-11(6-14)9-18/h1-7,15,19H,8,10H2. The van der Waals surface area contributed by atoms with Crippen molar-refractivity contribution >= 4 is 5.69 Å². The molecule has 20 heavy (non-hydrogen) atoms. The van der Waals surface area contributed by atoms with Gasteiger partial charge in [-0.1, -0.05) is 6.07 Å². The van der Waals surface area contributed by atoms with Crippen molar-refractivity contribution in [1.82, 2.24) is 0 Å². The number of benzene rings is 2. The van der Waals surface area contributed by atoms with Gasteiger partial charge in [0.15, 0.2) is 0 Å². The van der Waals surface area contributed by atoms with Crippen molar-refractivity contribution in [1.29, 1.82) is 5.26 Å². The number of nitrogens with zero attached hydrogens (tertiary/aromatic N) is 1. The maximum atomic E-state index is 13.1. The van der Waals surface area contributed by atoms with Crippen molar-refractivity contribution in [2.75, 3.05) is 11.9 Å². The molecule has 0 fully saturated rings. The molecule has 1 aliphatic heterocycles. The summed E-state index contributed by atoms with van der Waals surface area (Å²) in [5.74, 6) is 0.520. The van der Waals surface area contributed by atoms with E-state index in [0.29, 0.717) is 18.5 Å². The second-order valence-electron chi connectivity index (χ2n) is 4.77. The molecule has 0 radical (unpaired) electrons. The van der Waals surface area contributed by atoms with Gasteiger partial charge in [-0.2, -0.15) is 5.26 Å². The van der Waals surface area contributed by atoms with Crippen LogP contribution in [0.5, 0.6) is 5.75 Å². The zero-order valence-corrected chi connectivity index (χ0v) is 10.8. The lowest BCUT2D eigenvalue weighted by Crippen LogP contribution is -2.23. The fraction of sp³-hybridized carbons (Fsp3) is 0.188. The van der Waals surface area contributed by atoms with Crippen LogP contribution >= 0.6 is 0 Å². The molecule has 3 nitrogen and oxygen atoms in total. The van der Waals surface area contributed by atoms with Gasteiger partial charge in [-0.25, -0.2) is 4.39 Å². The smallest absolute Gasteiger partial charge is 0.123 e. The van der Waals surface area contributed by atoms with Crippen LogP contribution in [-0.4, -0.2) is 12.6 Å². The number of nitriles is 1. The van der Waals surface area contributed by atoms with Gasteiger partial charge in [0.25, 0.3) is 0 Å². The molecule has 100 valence electrons. The summed E-state index contributed by atoms with van der Waals surface area (Å²) in [6.07, 6.45) is 0.676. The van der Waals surface area contributed by atoms with Crippen molar-refractivity contribution in [3.63, 3.8) is 0 Å². The molecule has 2 aromatic rings. The summed E-state index contributed by atoms with van der Waals surface area (Å²) in [5.41, 5.74) is 2.41. The van der Waals surface area contributed by atoms with Crippen LogP contribution in [0.1, 0.15) is 11.1 Å². The normalized spacial score (nSPS) is 16.1. The summed E-state index contributed by atoms with van der Waals surface area (Å²) in [6.45, 7) is 0.616. The first kappa shape index (κ1) is 12.5. The van der Waals surface area contributed by atoms with E-state index in [-0.39, 0.29) is 11.9 Å². The van der Waals surface area contributed by atoms with Crippen molar-refractivity contribution < 1.29 is 9.13 Å². The molecule has 3 rings (SSSR count). The van der Waals surface area contributed by atoms with E-state index in [1.165, 1.54) is 12.1 Å². The summed E-state index contributed by atoms with van der Waals surface area (Å²) < 4.78 is 18.9. The van der Waals surface area contributed by atoms with Gasteiger partial charge >= 0.3 is 0 Å². The molecule has 1 heterocycles. The van der Waals surface area contributed by atoms with Crippen molar-refractivity contribution in [3.05, 3.63) is 59.4 Å².